The third-order valence-corrected chi connectivity index (χ3v) is 12.5. The molecule has 0 spiro atoms. The van der Waals surface area contributed by atoms with E-state index >= 15 is 0 Å². The molecule has 0 aromatic heterocycles. The molecule has 0 radical (unpaired) electrons. The van der Waals surface area contributed by atoms with E-state index in [0.717, 1.165) is 21.6 Å². The predicted octanol–water partition coefficient (Wildman–Crippen LogP) is 0.0193. The first kappa shape index (κ1) is 49.3. The third-order valence-electron chi connectivity index (χ3n) is 9.30. The Kier molecular flexibility index (Phi) is 20.2. The first-order valence-electron chi connectivity index (χ1n) is 18.8. The third kappa shape index (κ3) is 15.5. The number of benzene rings is 2. The molecule has 7 amide bonds. The number of halogens is 2. The molecule has 17 nitrogen and oxygen atoms in total. The lowest BCUT2D eigenvalue weighted by Crippen LogP contribution is -2.62. The number of rotatable bonds is 14. The maximum absolute atomic E-state index is 14.2. The lowest BCUT2D eigenvalue weighted by Gasteiger charge is -2.28. The van der Waals surface area contributed by atoms with Crippen molar-refractivity contribution in [3.8, 4) is 0 Å². The molecule has 1 aliphatic rings. The van der Waals surface area contributed by atoms with Crippen LogP contribution in [0.15, 0.2) is 48.5 Å². The standard InChI is InChI=1S/C38H52Cl2N8O9S2/c1-19(23-12-13-24(39)25(40)16-23)33(52)45-28-17-58-59-18-29(37(56)47-30(20(2)49)32(42)51)46-38(57)31(21(3)50)48-34(53)26(11-7-8-14-41)43-35(54)27(44-36(28)55)15-22-9-5-4-6-10-22/h4-6,9-10,12-13,16,19-21,26-31,49-50H,7-8,11,14-15,17-18,41H2,1-3H3,(H2,42,51)(H,43,54)(H,44,55)(H,45,52)(H,46,57)(H,47,56)(H,48,53)/t19-,20-,21-,26+,27+,28+,29+,30+,31+/m1/s1. The Hall–Kier alpha value is -4.11. The van der Waals surface area contributed by atoms with E-state index in [1.807, 2.05) is 0 Å². The fourth-order valence-electron chi connectivity index (χ4n) is 5.80. The largest absolute Gasteiger partial charge is 0.391 e. The number of hydrogen-bond acceptors (Lipinski definition) is 12. The number of amides is 7. The number of hydrogen-bond donors (Lipinski definition) is 10. The van der Waals surface area contributed by atoms with Gasteiger partial charge in [-0.15, -0.1) is 0 Å². The van der Waals surface area contributed by atoms with Crippen LogP contribution < -0.4 is 43.4 Å². The second-order valence-corrected chi connectivity index (χ2v) is 17.4. The summed E-state index contributed by atoms with van der Waals surface area (Å²) in [5.74, 6) is -7.00. The fourth-order valence-corrected chi connectivity index (χ4v) is 8.43. The second-order valence-electron chi connectivity index (χ2n) is 14.0. The molecule has 0 saturated carbocycles. The number of aliphatic hydroxyl groups excluding tert-OH is 2. The highest BCUT2D eigenvalue weighted by molar-refractivity contribution is 8.76. The van der Waals surface area contributed by atoms with E-state index < -0.39 is 95.7 Å². The van der Waals surface area contributed by atoms with Crippen molar-refractivity contribution < 1.29 is 43.8 Å². The first-order chi connectivity index (χ1) is 27.9. The van der Waals surface area contributed by atoms with Gasteiger partial charge in [-0.05, 0) is 69.8 Å². The van der Waals surface area contributed by atoms with Crippen LogP contribution in [0.2, 0.25) is 10.0 Å². The molecule has 0 unspecified atom stereocenters. The maximum Gasteiger partial charge on any atom is 0.245 e. The van der Waals surface area contributed by atoms with Crippen LogP contribution in [-0.2, 0) is 40.0 Å². The fraction of sp³-hybridized carbons (Fsp3) is 0.500. The van der Waals surface area contributed by atoms with Gasteiger partial charge < -0.3 is 53.6 Å². The topological polar surface area (TPSA) is 284 Å². The SMILES string of the molecule is C[C@@H](C(=O)N[C@H]1CSSC[C@@H](C(=O)N[C@H](C(N)=O)[C@@H](C)O)NC(=O)[C@H]([C@@H](C)O)NC(=O)[C@H](CCCCN)NC(=O)[C@H](Cc2ccccc2)NC1=O)c1ccc(Cl)c(Cl)c1. The summed E-state index contributed by atoms with van der Waals surface area (Å²) in [4.78, 5) is 95.0. The lowest BCUT2D eigenvalue weighted by molar-refractivity contribution is -0.136. The van der Waals surface area contributed by atoms with E-state index in [-0.39, 0.29) is 40.9 Å². The molecular weight excluding hydrogens is 848 g/mol. The number of unbranched alkanes of at least 4 members (excludes halogenated alkanes) is 1. The van der Waals surface area contributed by atoms with Crippen molar-refractivity contribution in [2.45, 2.75) is 101 Å². The average Bonchev–Trinajstić information content (AvgIpc) is 3.18. The highest BCUT2D eigenvalue weighted by Gasteiger charge is 2.36. The van der Waals surface area contributed by atoms with Crippen molar-refractivity contribution in [2.24, 2.45) is 11.5 Å². The number of nitrogens with one attached hydrogen (secondary N) is 6. The van der Waals surface area contributed by atoms with Crippen molar-refractivity contribution in [1.29, 1.82) is 0 Å². The Morgan fingerprint density at radius 3 is 2.08 bits per heavy atom. The number of nitrogens with two attached hydrogens (primary N) is 2. The van der Waals surface area contributed by atoms with Crippen LogP contribution in [0, 0.1) is 0 Å². The van der Waals surface area contributed by atoms with Crippen LogP contribution >= 0.6 is 44.8 Å². The smallest absolute Gasteiger partial charge is 0.245 e. The van der Waals surface area contributed by atoms with Crippen LogP contribution in [0.1, 0.15) is 57.1 Å². The molecule has 1 heterocycles. The number of primary amides is 1. The predicted molar refractivity (Wildman–Crippen MR) is 227 cm³/mol. The van der Waals surface area contributed by atoms with E-state index in [0.29, 0.717) is 24.0 Å². The molecule has 324 valence electrons. The van der Waals surface area contributed by atoms with Gasteiger partial charge in [-0.2, -0.15) is 0 Å². The molecule has 0 bridgehead atoms. The Morgan fingerprint density at radius 1 is 0.831 bits per heavy atom. The molecule has 1 fully saturated rings. The van der Waals surface area contributed by atoms with Crippen molar-refractivity contribution in [1.82, 2.24) is 31.9 Å². The molecule has 2 aromatic rings. The van der Waals surface area contributed by atoms with E-state index in [9.17, 15) is 43.8 Å². The summed E-state index contributed by atoms with van der Waals surface area (Å²) in [5.41, 5.74) is 12.3. The van der Waals surface area contributed by atoms with Crippen LogP contribution in [-0.4, -0.2) is 118 Å². The van der Waals surface area contributed by atoms with E-state index in [1.54, 1.807) is 43.3 Å². The summed E-state index contributed by atoms with van der Waals surface area (Å²) in [6.45, 7) is 4.37. The zero-order chi connectivity index (χ0) is 43.8. The highest BCUT2D eigenvalue weighted by atomic mass is 35.5. The molecule has 12 N–H and O–H groups in total. The van der Waals surface area contributed by atoms with Gasteiger partial charge in [0.1, 0.15) is 36.3 Å². The molecular formula is C38H52Cl2N8O9S2. The molecule has 3 rings (SSSR count). The molecule has 1 saturated heterocycles. The Balaban J connectivity index is 2.07. The molecule has 21 heteroatoms. The summed E-state index contributed by atoms with van der Waals surface area (Å²) in [7, 11) is 2.04. The maximum atomic E-state index is 14.2. The molecule has 0 aliphatic carbocycles. The number of aliphatic hydroxyl groups is 2. The van der Waals surface area contributed by atoms with E-state index in [1.165, 1.54) is 26.0 Å². The Labute approximate surface area is 360 Å². The second kappa shape index (κ2) is 24.2. The normalized spacial score (nSPS) is 23.2. The molecule has 2 aromatic carbocycles. The Bertz CT molecular complexity index is 1800. The van der Waals surface area contributed by atoms with Gasteiger partial charge in [-0.1, -0.05) is 81.2 Å². The van der Waals surface area contributed by atoms with E-state index in [4.69, 9.17) is 34.7 Å². The monoisotopic (exact) mass is 898 g/mol. The summed E-state index contributed by atoms with van der Waals surface area (Å²) >= 11 is 12.3. The van der Waals surface area contributed by atoms with Crippen molar-refractivity contribution in [2.75, 3.05) is 18.1 Å². The van der Waals surface area contributed by atoms with Gasteiger partial charge in [0, 0.05) is 17.9 Å². The molecule has 1 aliphatic heterocycles. The summed E-state index contributed by atoms with van der Waals surface area (Å²) < 4.78 is 0. The summed E-state index contributed by atoms with van der Waals surface area (Å²) in [5, 5.41) is 36.7. The highest BCUT2D eigenvalue weighted by Crippen LogP contribution is 2.28. The lowest BCUT2D eigenvalue weighted by atomic mass is 10.00. The molecule has 9 atom stereocenters. The van der Waals surface area contributed by atoms with Crippen molar-refractivity contribution in [3.63, 3.8) is 0 Å². The van der Waals surface area contributed by atoms with Crippen molar-refractivity contribution in [3.05, 3.63) is 69.7 Å². The van der Waals surface area contributed by atoms with Crippen molar-refractivity contribution >= 4 is 86.1 Å². The minimum absolute atomic E-state index is 0.00790. The number of carbonyl (C=O) groups excluding carboxylic acids is 7. The van der Waals surface area contributed by atoms with Crippen LogP contribution in [0.4, 0.5) is 0 Å². The molecule has 59 heavy (non-hydrogen) atoms. The zero-order valence-corrected chi connectivity index (χ0v) is 35.9. The Morgan fingerprint density at radius 2 is 1.47 bits per heavy atom. The van der Waals surface area contributed by atoms with Gasteiger partial charge in [0.25, 0.3) is 0 Å². The minimum Gasteiger partial charge on any atom is -0.391 e. The van der Waals surface area contributed by atoms with Gasteiger partial charge in [-0.25, -0.2) is 0 Å². The van der Waals surface area contributed by atoms with Gasteiger partial charge in [0.2, 0.25) is 41.4 Å². The average molecular weight is 900 g/mol. The number of carbonyl (C=O) groups is 7. The van der Waals surface area contributed by atoms with Crippen LogP contribution in [0.5, 0.6) is 0 Å². The van der Waals surface area contributed by atoms with Gasteiger partial charge in [-0.3, -0.25) is 33.6 Å². The van der Waals surface area contributed by atoms with E-state index in [2.05, 4.69) is 31.9 Å². The zero-order valence-electron chi connectivity index (χ0n) is 32.7. The van der Waals surface area contributed by atoms with Gasteiger partial charge >= 0.3 is 0 Å². The van der Waals surface area contributed by atoms with Gasteiger partial charge in [0.05, 0.1) is 28.2 Å². The van der Waals surface area contributed by atoms with Crippen LogP contribution in [0.25, 0.3) is 0 Å². The summed E-state index contributed by atoms with van der Waals surface area (Å²) in [6, 6.07) is 5.08. The van der Waals surface area contributed by atoms with Gasteiger partial charge in [0.15, 0.2) is 0 Å². The van der Waals surface area contributed by atoms with Crippen LogP contribution in [0.3, 0.4) is 0 Å². The summed E-state index contributed by atoms with van der Waals surface area (Å²) in [6.07, 6.45) is -1.98. The quantitative estimate of drug-likeness (QED) is 0.0888. The first-order valence-corrected chi connectivity index (χ1v) is 22.1. The minimum atomic E-state index is -1.62.